The molecular weight excluding hydrogens is 350 g/mol. The molecule has 1 aliphatic rings. The Kier molecular flexibility index (Phi) is 4.65. The van der Waals surface area contributed by atoms with Crippen LogP contribution in [-0.2, 0) is 25.9 Å². The van der Waals surface area contributed by atoms with Crippen LogP contribution < -0.4 is 20.3 Å². The minimum absolute atomic E-state index is 0.0595. The van der Waals surface area contributed by atoms with Gasteiger partial charge in [0.05, 0.1) is 25.9 Å². The first-order valence-corrected chi connectivity index (χ1v) is 9.43. The van der Waals surface area contributed by atoms with E-state index in [9.17, 15) is 4.79 Å². The van der Waals surface area contributed by atoms with Gasteiger partial charge in [0.1, 0.15) is 16.3 Å². The number of benzene rings is 1. The lowest BCUT2D eigenvalue weighted by molar-refractivity contribution is 0.393. The molecule has 0 fully saturated rings. The van der Waals surface area contributed by atoms with E-state index in [1.165, 1.54) is 10.4 Å². The second-order valence-electron chi connectivity index (χ2n) is 6.32. The zero-order chi connectivity index (χ0) is 18.1. The van der Waals surface area contributed by atoms with Gasteiger partial charge in [0.2, 0.25) is 0 Å². The zero-order valence-corrected chi connectivity index (χ0v) is 15.7. The number of nitrogens with one attached hydrogen (secondary N) is 1. The molecule has 7 heteroatoms. The van der Waals surface area contributed by atoms with Crippen LogP contribution in [0.4, 0.5) is 0 Å². The molecule has 3 aromatic rings. The molecule has 0 spiro atoms. The molecule has 6 nitrogen and oxygen atoms in total. The topological polar surface area (TPSA) is 65.4 Å². The summed E-state index contributed by atoms with van der Waals surface area (Å²) in [6.07, 6.45) is 3.26. The predicted molar refractivity (Wildman–Crippen MR) is 103 cm³/mol. The van der Waals surface area contributed by atoms with Crippen LogP contribution in [0.1, 0.15) is 16.0 Å². The van der Waals surface area contributed by atoms with Crippen LogP contribution in [0, 0.1) is 0 Å². The Hall–Kier alpha value is -2.38. The number of hydrogen-bond acceptors (Lipinski definition) is 6. The van der Waals surface area contributed by atoms with E-state index in [0.29, 0.717) is 13.0 Å². The van der Waals surface area contributed by atoms with E-state index in [1.807, 2.05) is 18.2 Å². The second-order valence-corrected chi connectivity index (χ2v) is 7.41. The van der Waals surface area contributed by atoms with E-state index < -0.39 is 0 Å². The number of aryl methyl sites for hydroxylation is 2. The van der Waals surface area contributed by atoms with Crippen molar-refractivity contribution in [2.45, 2.75) is 25.9 Å². The van der Waals surface area contributed by atoms with Crippen LogP contribution in [0.5, 0.6) is 11.5 Å². The van der Waals surface area contributed by atoms with Crippen molar-refractivity contribution in [3.63, 3.8) is 0 Å². The lowest BCUT2D eigenvalue weighted by Gasteiger charge is -2.12. The van der Waals surface area contributed by atoms with Gasteiger partial charge in [-0.25, -0.2) is 4.98 Å². The summed E-state index contributed by atoms with van der Waals surface area (Å²) in [4.78, 5) is 19.6. The fourth-order valence-electron chi connectivity index (χ4n) is 3.37. The summed E-state index contributed by atoms with van der Waals surface area (Å²) in [5.41, 5.74) is 2.30. The molecule has 0 unspecified atom stereocenters. The summed E-state index contributed by atoms with van der Waals surface area (Å²) < 4.78 is 12.3. The average Bonchev–Trinajstić information content (AvgIpc) is 3.06. The Morgan fingerprint density at radius 1 is 1.23 bits per heavy atom. The monoisotopic (exact) mass is 371 g/mol. The highest BCUT2D eigenvalue weighted by molar-refractivity contribution is 7.18. The van der Waals surface area contributed by atoms with E-state index in [4.69, 9.17) is 9.47 Å². The Balaban J connectivity index is 1.64. The first-order chi connectivity index (χ1) is 12.7. The van der Waals surface area contributed by atoms with Gasteiger partial charge in [0.15, 0.2) is 0 Å². The number of thiophene rings is 1. The lowest BCUT2D eigenvalue weighted by atomic mass is 10.1. The number of methoxy groups -OCH3 is 2. The summed E-state index contributed by atoms with van der Waals surface area (Å²) in [6.45, 7) is 2.32. The SMILES string of the molecule is COc1cc(CCn2cnc3sc4c(c3c2=O)CCNC4)cc(OC)c1. The second kappa shape index (κ2) is 7.09. The molecule has 3 heterocycles. The Morgan fingerprint density at radius 3 is 2.73 bits per heavy atom. The van der Waals surface area contributed by atoms with E-state index in [0.717, 1.165) is 46.8 Å². The standard InChI is InChI=1S/C19H21N3O3S/c1-24-13-7-12(8-14(9-13)25-2)4-6-22-11-21-18-17(19(22)23)15-3-5-20-10-16(15)26-18/h7-9,11,20H,3-6,10H2,1-2H3. The predicted octanol–water partition coefficient (Wildman–Crippen LogP) is 2.36. The van der Waals surface area contributed by atoms with Gasteiger partial charge in [-0.05, 0) is 42.6 Å². The van der Waals surface area contributed by atoms with E-state index in [1.54, 1.807) is 36.5 Å². The van der Waals surface area contributed by atoms with Gasteiger partial charge in [-0.3, -0.25) is 9.36 Å². The van der Waals surface area contributed by atoms with Gasteiger partial charge >= 0.3 is 0 Å². The summed E-state index contributed by atoms with van der Waals surface area (Å²) in [6, 6.07) is 5.78. The van der Waals surface area contributed by atoms with Crippen LogP contribution in [0.15, 0.2) is 29.3 Å². The number of ether oxygens (including phenoxy) is 2. The van der Waals surface area contributed by atoms with Crippen LogP contribution >= 0.6 is 11.3 Å². The fraction of sp³-hybridized carbons (Fsp3) is 0.368. The first-order valence-electron chi connectivity index (χ1n) is 8.62. The molecule has 0 radical (unpaired) electrons. The minimum atomic E-state index is 0.0595. The Bertz CT molecular complexity index is 987. The third-order valence-corrected chi connectivity index (χ3v) is 5.89. The van der Waals surface area contributed by atoms with Crippen LogP contribution in [0.3, 0.4) is 0 Å². The van der Waals surface area contributed by atoms with E-state index in [2.05, 4.69) is 10.3 Å². The summed E-state index contributed by atoms with van der Waals surface area (Å²) in [5.74, 6) is 1.50. The van der Waals surface area contributed by atoms with Crippen molar-refractivity contribution in [3.8, 4) is 11.5 Å². The quantitative estimate of drug-likeness (QED) is 0.746. The third kappa shape index (κ3) is 3.08. The van der Waals surface area contributed by atoms with Crippen LogP contribution in [0.25, 0.3) is 10.2 Å². The van der Waals surface area contributed by atoms with Crippen molar-refractivity contribution in [1.29, 1.82) is 0 Å². The Labute approximate surface area is 155 Å². The molecule has 4 rings (SSSR count). The molecule has 1 aliphatic heterocycles. The molecule has 136 valence electrons. The lowest BCUT2D eigenvalue weighted by Crippen LogP contribution is -2.25. The third-order valence-electron chi connectivity index (χ3n) is 4.75. The largest absolute Gasteiger partial charge is 0.497 e. The van der Waals surface area contributed by atoms with E-state index >= 15 is 0 Å². The molecule has 0 atom stereocenters. The van der Waals surface area contributed by atoms with Crippen molar-refractivity contribution in [2.24, 2.45) is 0 Å². The van der Waals surface area contributed by atoms with Crippen molar-refractivity contribution in [1.82, 2.24) is 14.9 Å². The number of aromatic nitrogens is 2. The number of rotatable bonds is 5. The molecule has 0 saturated heterocycles. The van der Waals surface area contributed by atoms with Gasteiger partial charge in [-0.15, -0.1) is 11.3 Å². The van der Waals surface area contributed by atoms with Crippen molar-refractivity contribution < 1.29 is 9.47 Å². The maximum absolute atomic E-state index is 13.0. The van der Waals surface area contributed by atoms with Crippen molar-refractivity contribution >= 4 is 21.6 Å². The van der Waals surface area contributed by atoms with Gasteiger partial charge in [-0.1, -0.05) is 0 Å². The molecular formula is C19H21N3O3S. The number of hydrogen-bond donors (Lipinski definition) is 1. The fourth-order valence-corrected chi connectivity index (χ4v) is 4.52. The summed E-state index contributed by atoms with van der Waals surface area (Å²) in [7, 11) is 3.27. The molecule has 0 aliphatic carbocycles. The minimum Gasteiger partial charge on any atom is -0.497 e. The number of fused-ring (bicyclic) bond motifs is 3. The van der Waals surface area contributed by atoms with E-state index in [-0.39, 0.29) is 5.56 Å². The molecule has 0 amide bonds. The smallest absolute Gasteiger partial charge is 0.262 e. The zero-order valence-electron chi connectivity index (χ0n) is 14.9. The highest BCUT2D eigenvalue weighted by atomic mass is 32.1. The van der Waals surface area contributed by atoms with Gasteiger partial charge in [0, 0.05) is 24.0 Å². The normalized spacial score (nSPS) is 13.6. The molecule has 1 N–H and O–H groups in total. The maximum atomic E-state index is 13.0. The van der Waals surface area contributed by atoms with Crippen LogP contribution in [-0.4, -0.2) is 30.3 Å². The highest BCUT2D eigenvalue weighted by Crippen LogP contribution is 2.29. The molecule has 2 aromatic heterocycles. The summed E-state index contributed by atoms with van der Waals surface area (Å²) in [5, 5.41) is 4.16. The maximum Gasteiger partial charge on any atom is 0.262 e. The molecule has 0 saturated carbocycles. The van der Waals surface area contributed by atoms with Gasteiger partial charge < -0.3 is 14.8 Å². The van der Waals surface area contributed by atoms with Crippen molar-refractivity contribution in [2.75, 3.05) is 20.8 Å². The Morgan fingerprint density at radius 2 is 2.00 bits per heavy atom. The van der Waals surface area contributed by atoms with Gasteiger partial charge in [-0.2, -0.15) is 0 Å². The number of nitrogens with zero attached hydrogens (tertiary/aromatic N) is 2. The highest BCUT2D eigenvalue weighted by Gasteiger charge is 2.19. The average molecular weight is 371 g/mol. The first kappa shape index (κ1) is 17.1. The van der Waals surface area contributed by atoms with Gasteiger partial charge in [0.25, 0.3) is 5.56 Å². The molecule has 1 aromatic carbocycles. The summed E-state index contributed by atoms with van der Waals surface area (Å²) >= 11 is 1.63. The molecule has 26 heavy (non-hydrogen) atoms. The molecule has 0 bridgehead atoms. The van der Waals surface area contributed by atoms with Crippen LogP contribution in [0.2, 0.25) is 0 Å². The van der Waals surface area contributed by atoms with Crippen molar-refractivity contribution in [3.05, 3.63) is 50.9 Å².